The van der Waals surface area contributed by atoms with Crippen LogP contribution in [0.4, 0.5) is 0 Å². The molecule has 1 unspecified atom stereocenters. The number of carbonyl (C=O) groups excluding carboxylic acids is 1. The molecule has 0 heterocycles. The lowest BCUT2D eigenvalue weighted by Crippen LogP contribution is -2.35. The summed E-state index contributed by atoms with van der Waals surface area (Å²) in [5.41, 5.74) is 1.24. The molecule has 2 N–H and O–H groups in total. The van der Waals surface area contributed by atoms with Crippen LogP contribution in [-0.2, 0) is 10.0 Å². The lowest BCUT2D eigenvalue weighted by atomic mass is 10.1. The highest BCUT2D eigenvalue weighted by Gasteiger charge is 2.30. The smallest absolute Gasteiger partial charge is 0.251 e. The van der Waals surface area contributed by atoms with Crippen LogP contribution in [0.1, 0.15) is 34.8 Å². The third-order valence-corrected chi connectivity index (χ3v) is 6.21. The molecule has 0 saturated heterocycles. The Morgan fingerprint density at radius 3 is 2.45 bits per heavy atom. The molecule has 1 atom stereocenters. The van der Waals surface area contributed by atoms with E-state index in [-0.39, 0.29) is 34.2 Å². The van der Waals surface area contributed by atoms with E-state index in [1.807, 2.05) is 49.3 Å². The first kappa shape index (κ1) is 21.3. The van der Waals surface area contributed by atoms with Crippen molar-refractivity contribution in [3.05, 3.63) is 59.7 Å². The van der Waals surface area contributed by atoms with Gasteiger partial charge < -0.3 is 15.0 Å². The molecule has 7 nitrogen and oxygen atoms in total. The Morgan fingerprint density at radius 2 is 1.86 bits per heavy atom. The van der Waals surface area contributed by atoms with Gasteiger partial charge in [-0.05, 0) is 50.7 Å². The molecule has 0 radical (unpaired) electrons. The summed E-state index contributed by atoms with van der Waals surface area (Å²) in [4.78, 5) is 14.9. The molecule has 2 aromatic rings. The number of benzene rings is 2. The Labute approximate surface area is 172 Å². The van der Waals surface area contributed by atoms with Gasteiger partial charge in [0.15, 0.2) is 0 Å². The zero-order chi connectivity index (χ0) is 21.0. The SMILES string of the molecule is COc1ccc(C(=O)NC(CN(C)C)c2ccccc2)cc1S(=O)(=O)NC1CC1. The van der Waals surface area contributed by atoms with Crippen molar-refractivity contribution in [2.45, 2.75) is 29.8 Å². The molecular weight excluding hydrogens is 390 g/mol. The predicted molar refractivity (Wildman–Crippen MR) is 112 cm³/mol. The van der Waals surface area contributed by atoms with Crippen LogP contribution in [0, 0.1) is 0 Å². The molecule has 1 amide bonds. The topological polar surface area (TPSA) is 87.7 Å². The average Bonchev–Trinajstić information content (AvgIpc) is 3.50. The maximum Gasteiger partial charge on any atom is 0.251 e. The molecule has 1 saturated carbocycles. The molecule has 0 bridgehead atoms. The molecular formula is C21H27N3O4S. The van der Waals surface area contributed by atoms with Gasteiger partial charge in [0.05, 0.1) is 13.2 Å². The number of carbonyl (C=O) groups is 1. The van der Waals surface area contributed by atoms with Gasteiger partial charge in [-0.2, -0.15) is 0 Å². The molecule has 8 heteroatoms. The Hall–Kier alpha value is -2.42. The summed E-state index contributed by atoms with van der Waals surface area (Å²) in [7, 11) is 1.52. The van der Waals surface area contributed by atoms with E-state index < -0.39 is 10.0 Å². The number of amides is 1. The van der Waals surface area contributed by atoms with E-state index in [1.54, 1.807) is 6.07 Å². The van der Waals surface area contributed by atoms with E-state index in [1.165, 1.54) is 19.2 Å². The molecule has 1 aliphatic carbocycles. The van der Waals surface area contributed by atoms with E-state index in [9.17, 15) is 13.2 Å². The normalized spacial score (nSPS) is 15.2. The van der Waals surface area contributed by atoms with Crippen LogP contribution in [0.25, 0.3) is 0 Å². The van der Waals surface area contributed by atoms with Crippen molar-refractivity contribution in [3.63, 3.8) is 0 Å². The fourth-order valence-electron chi connectivity index (χ4n) is 3.04. The number of nitrogens with one attached hydrogen (secondary N) is 2. The van der Waals surface area contributed by atoms with Gasteiger partial charge in [0, 0.05) is 18.2 Å². The predicted octanol–water partition coefficient (Wildman–Crippen LogP) is 2.17. The number of hydrogen-bond donors (Lipinski definition) is 2. The van der Waals surface area contributed by atoms with Gasteiger partial charge >= 0.3 is 0 Å². The van der Waals surface area contributed by atoms with Crippen LogP contribution in [-0.4, -0.2) is 53.0 Å². The molecule has 0 spiro atoms. The highest BCUT2D eigenvalue weighted by Crippen LogP contribution is 2.28. The maximum absolute atomic E-state index is 12.9. The lowest BCUT2D eigenvalue weighted by Gasteiger charge is -2.23. The van der Waals surface area contributed by atoms with E-state index >= 15 is 0 Å². The Balaban J connectivity index is 1.86. The zero-order valence-electron chi connectivity index (χ0n) is 16.9. The summed E-state index contributed by atoms with van der Waals surface area (Å²) in [5, 5.41) is 3.01. The second-order valence-electron chi connectivity index (χ2n) is 7.46. The first-order valence-electron chi connectivity index (χ1n) is 9.51. The minimum absolute atomic E-state index is 0.0246. The summed E-state index contributed by atoms with van der Waals surface area (Å²) >= 11 is 0. The summed E-state index contributed by atoms with van der Waals surface area (Å²) < 4.78 is 33.2. The van der Waals surface area contributed by atoms with Gasteiger partial charge in [-0.3, -0.25) is 4.79 Å². The van der Waals surface area contributed by atoms with Crippen molar-refractivity contribution in [3.8, 4) is 5.75 Å². The van der Waals surface area contributed by atoms with Gasteiger partial charge in [0.25, 0.3) is 5.91 Å². The van der Waals surface area contributed by atoms with Gasteiger partial charge in [0.1, 0.15) is 10.6 Å². The largest absolute Gasteiger partial charge is 0.495 e. The molecule has 0 aromatic heterocycles. The zero-order valence-corrected chi connectivity index (χ0v) is 17.7. The van der Waals surface area contributed by atoms with Crippen molar-refractivity contribution < 1.29 is 17.9 Å². The van der Waals surface area contributed by atoms with Crippen LogP contribution >= 0.6 is 0 Å². The molecule has 29 heavy (non-hydrogen) atoms. The summed E-state index contributed by atoms with van der Waals surface area (Å²) in [6, 6.07) is 13.9. The quantitative estimate of drug-likeness (QED) is 0.653. The Kier molecular flexibility index (Phi) is 6.56. The second-order valence-corrected chi connectivity index (χ2v) is 9.14. The summed E-state index contributed by atoms with van der Waals surface area (Å²) in [6.07, 6.45) is 1.65. The summed E-state index contributed by atoms with van der Waals surface area (Å²) in [6.45, 7) is 0.611. The number of methoxy groups -OCH3 is 1. The van der Waals surface area contributed by atoms with Crippen molar-refractivity contribution in [1.82, 2.24) is 14.9 Å². The first-order valence-corrected chi connectivity index (χ1v) is 11.0. The number of hydrogen-bond acceptors (Lipinski definition) is 5. The van der Waals surface area contributed by atoms with E-state index in [4.69, 9.17) is 4.74 Å². The number of nitrogens with zero attached hydrogens (tertiary/aromatic N) is 1. The fourth-order valence-corrected chi connectivity index (χ4v) is 4.54. The first-order chi connectivity index (χ1) is 13.8. The third-order valence-electron chi connectivity index (χ3n) is 4.67. The standard InChI is InChI=1S/C21H27N3O4S/c1-24(2)14-18(15-7-5-4-6-8-15)22-21(25)16-9-12-19(28-3)20(13-16)29(26,27)23-17-10-11-17/h4-9,12-13,17-18,23H,10-11,14H2,1-3H3,(H,22,25). The molecule has 1 aliphatic rings. The molecule has 3 rings (SSSR count). The minimum atomic E-state index is -3.76. The third kappa shape index (κ3) is 5.56. The second kappa shape index (κ2) is 8.94. The Morgan fingerprint density at radius 1 is 1.17 bits per heavy atom. The molecule has 0 aliphatic heterocycles. The molecule has 2 aromatic carbocycles. The van der Waals surface area contributed by atoms with Crippen LogP contribution in [0.15, 0.2) is 53.4 Å². The molecule has 156 valence electrons. The number of ether oxygens (including phenoxy) is 1. The Bertz CT molecular complexity index is 957. The van der Waals surface area contributed by atoms with Crippen LogP contribution in [0.3, 0.4) is 0 Å². The number of sulfonamides is 1. The van der Waals surface area contributed by atoms with E-state index in [0.717, 1.165) is 18.4 Å². The van der Waals surface area contributed by atoms with Crippen molar-refractivity contribution in [1.29, 1.82) is 0 Å². The van der Waals surface area contributed by atoms with E-state index in [2.05, 4.69) is 10.0 Å². The van der Waals surface area contributed by atoms with Crippen LogP contribution in [0.5, 0.6) is 5.75 Å². The van der Waals surface area contributed by atoms with Crippen molar-refractivity contribution in [2.75, 3.05) is 27.7 Å². The van der Waals surface area contributed by atoms with Gasteiger partial charge in [-0.25, -0.2) is 13.1 Å². The summed E-state index contributed by atoms with van der Waals surface area (Å²) in [5.74, 6) is -0.131. The van der Waals surface area contributed by atoms with Gasteiger partial charge in [0.2, 0.25) is 10.0 Å². The van der Waals surface area contributed by atoms with Gasteiger partial charge in [-0.15, -0.1) is 0 Å². The van der Waals surface area contributed by atoms with Crippen molar-refractivity contribution in [2.24, 2.45) is 0 Å². The minimum Gasteiger partial charge on any atom is -0.495 e. The number of likely N-dealkylation sites (N-methyl/N-ethyl adjacent to an activating group) is 1. The van der Waals surface area contributed by atoms with Crippen LogP contribution < -0.4 is 14.8 Å². The van der Waals surface area contributed by atoms with E-state index in [0.29, 0.717) is 6.54 Å². The highest BCUT2D eigenvalue weighted by molar-refractivity contribution is 7.89. The highest BCUT2D eigenvalue weighted by atomic mass is 32.2. The molecule has 1 fully saturated rings. The average molecular weight is 418 g/mol. The lowest BCUT2D eigenvalue weighted by molar-refractivity contribution is 0.0929. The van der Waals surface area contributed by atoms with Gasteiger partial charge in [-0.1, -0.05) is 30.3 Å². The van der Waals surface area contributed by atoms with Crippen molar-refractivity contribution >= 4 is 15.9 Å². The number of rotatable bonds is 9. The maximum atomic E-state index is 12.9. The van der Waals surface area contributed by atoms with Crippen LogP contribution in [0.2, 0.25) is 0 Å². The fraction of sp³-hybridized carbons (Fsp3) is 0.381. The monoisotopic (exact) mass is 417 g/mol.